The third kappa shape index (κ3) is 4.62. The highest BCUT2D eigenvalue weighted by Gasteiger charge is 2.32. The maximum Gasteiger partial charge on any atom is 0.188 e. The fourth-order valence-electron chi connectivity index (χ4n) is 3.07. The Bertz CT molecular complexity index is 308. The van der Waals surface area contributed by atoms with Crippen LogP contribution in [0.1, 0.15) is 51.4 Å². The molecule has 0 aromatic rings. The Hall–Kier alpha value is -0.840. The van der Waals surface area contributed by atoms with Crippen LogP contribution < -0.4 is 11.1 Å². The van der Waals surface area contributed by atoms with Crippen LogP contribution in [-0.4, -0.2) is 38.4 Å². The summed E-state index contributed by atoms with van der Waals surface area (Å²) in [5.41, 5.74) is 5.62. The zero-order valence-electron chi connectivity index (χ0n) is 12.4. The molecule has 116 valence electrons. The van der Waals surface area contributed by atoms with Gasteiger partial charge in [0.2, 0.25) is 0 Å². The Morgan fingerprint density at radius 3 is 2.45 bits per heavy atom. The van der Waals surface area contributed by atoms with Crippen molar-refractivity contribution in [3.05, 3.63) is 0 Å². The van der Waals surface area contributed by atoms with Crippen molar-refractivity contribution in [2.75, 3.05) is 26.4 Å². The van der Waals surface area contributed by atoms with Crippen LogP contribution in [0.3, 0.4) is 0 Å². The van der Waals surface area contributed by atoms with Crippen molar-refractivity contribution in [1.29, 1.82) is 0 Å². The quantitative estimate of drug-likeness (QED) is 0.473. The van der Waals surface area contributed by atoms with Gasteiger partial charge in [0.25, 0.3) is 0 Å². The van der Waals surface area contributed by atoms with E-state index in [0.717, 1.165) is 25.7 Å². The first-order valence-electron chi connectivity index (χ1n) is 7.94. The van der Waals surface area contributed by atoms with Gasteiger partial charge in [0, 0.05) is 24.7 Å². The molecule has 1 aliphatic carbocycles. The lowest BCUT2D eigenvalue weighted by atomic mass is 9.82. The summed E-state index contributed by atoms with van der Waals surface area (Å²) in [6.45, 7) is 1.40. The Labute approximate surface area is 121 Å². The second-order valence-electron chi connectivity index (χ2n) is 6.28. The summed E-state index contributed by atoms with van der Waals surface area (Å²) in [6, 6.07) is 0.442. The minimum atomic E-state index is -0.353. The van der Waals surface area contributed by atoms with Crippen LogP contribution in [-0.2, 0) is 4.74 Å². The summed E-state index contributed by atoms with van der Waals surface area (Å²) < 4.78 is 18.6. The normalized spacial score (nSPS) is 25.1. The van der Waals surface area contributed by atoms with Gasteiger partial charge in [-0.15, -0.1) is 0 Å². The second-order valence-corrected chi connectivity index (χ2v) is 6.28. The number of hydrogen-bond donors (Lipinski definition) is 2. The molecule has 2 aliphatic rings. The number of nitrogens with one attached hydrogen (secondary N) is 1. The van der Waals surface area contributed by atoms with Crippen molar-refractivity contribution in [3.63, 3.8) is 0 Å². The van der Waals surface area contributed by atoms with Crippen molar-refractivity contribution in [1.82, 2.24) is 5.32 Å². The van der Waals surface area contributed by atoms with E-state index in [0.29, 0.717) is 31.8 Å². The molecule has 0 aromatic heterocycles. The SMILES string of the molecule is NC(=NCC1(CF)CCOCC1)NC1CCCCCC1. The van der Waals surface area contributed by atoms with Crippen LogP contribution in [0.2, 0.25) is 0 Å². The van der Waals surface area contributed by atoms with Gasteiger partial charge in [0.15, 0.2) is 5.96 Å². The first-order chi connectivity index (χ1) is 9.74. The molecule has 0 spiro atoms. The van der Waals surface area contributed by atoms with E-state index in [4.69, 9.17) is 10.5 Å². The molecule has 1 aliphatic heterocycles. The molecule has 1 saturated carbocycles. The fourth-order valence-corrected chi connectivity index (χ4v) is 3.07. The summed E-state index contributed by atoms with van der Waals surface area (Å²) in [7, 11) is 0. The minimum absolute atomic E-state index is 0.337. The molecule has 0 aromatic carbocycles. The molecule has 20 heavy (non-hydrogen) atoms. The number of hydrogen-bond acceptors (Lipinski definition) is 2. The molecule has 1 saturated heterocycles. The molecule has 0 radical (unpaired) electrons. The second kappa shape index (κ2) is 7.81. The molecule has 0 bridgehead atoms. The number of rotatable bonds is 4. The predicted molar refractivity (Wildman–Crippen MR) is 79.6 cm³/mol. The van der Waals surface area contributed by atoms with Gasteiger partial charge in [-0.3, -0.25) is 9.38 Å². The molecule has 2 fully saturated rings. The molecule has 0 amide bonds. The molecule has 2 rings (SSSR count). The number of aliphatic imine (C=N–C) groups is 1. The van der Waals surface area contributed by atoms with Gasteiger partial charge < -0.3 is 15.8 Å². The van der Waals surface area contributed by atoms with Gasteiger partial charge >= 0.3 is 0 Å². The number of nitrogens with zero attached hydrogens (tertiary/aromatic N) is 1. The van der Waals surface area contributed by atoms with E-state index in [1.54, 1.807) is 0 Å². The molecule has 0 unspecified atom stereocenters. The molecule has 1 heterocycles. The summed E-state index contributed by atoms with van der Waals surface area (Å²) in [6.07, 6.45) is 8.97. The highest BCUT2D eigenvalue weighted by Crippen LogP contribution is 2.31. The smallest absolute Gasteiger partial charge is 0.188 e. The lowest BCUT2D eigenvalue weighted by Crippen LogP contribution is -2.41. The Kier molecular flexibility index (Phi) is 6.07. The van der Waals surface area contributed by atoms with Gasteiger partial charge in [0.1, 0.15) is 0 Å². The average molecular weight is 285 g/mol. The number of nitrogens with two attached hydrogens (primary N) is 1. The topological polar surface area (TPSA) is 59.6 Å². The predicted octanol–water partition coefficient (Wildman–Crippen LogP) is 2.38. The number of guanidine groups is 1. The summed E-state index contributed by atoms with van der Waals surface area (Å²) in [5, 5.41) is 3.31. The Balaban J connectivity index is 1.82. The van der Waals surface area contributed by atoms with Crippen molar-refractivity contribution in [3.8, 4) is 0 Å². The minimum Gasteiger partial charge on any atom is -0.381 e. The van der Waals surface area contributed by atoms with Crippen LogP contribution in [0.25, 0.3) is 0 Å². The van der Waals surface area contributed by atoms with E-state index in [1.807, 2.05) is 0 Å². The van der Waals surface area contributed by atoms with E-state index in [-0.39, 0.29) is 12.1 Å². The van der Waals surface area contributed by atoms with E-state index in [2.05, 4.69) is 10.3 Å². The fraction of sp³-hybridized carbons (Fsp3) is 0.933. The Morgan fingerprint density at radius 1 is 1.20 bits per heavy atom. The maximum absolute atomic E-state index is 13.3. The van der Waals surface area contributed by atoms with Crippen LogP contribution >= 0.6 is 0 Å². The number of halogens is 1. The highest BCUT2D eigenvalue weighted by atomic mass is 19.1. The first-order valence-corrected chi connectivity index (χ1v) is 7.94. The van der Waals surface area contributed by atoms with Crippen molar-refractivity contribution in [2.24, 2.45) is 16.1 Å². The van der Waals surface area contributed by atoms with E-state index >= 15 is 0 Å². The maximum atomic E-state index is 13.3. The molecule has 5 heteroatoms. The monoisotopic (exact) mass is 285 g/mol. The zero-order valence-corrected chi connectivity index (χ0v) is 12.4. The molecular formula is C15H28FN3O. The summed E-state index contributed by atoms with van der Waals surface area (Å²) in [4.78, 5) is 4.40. The van der Waals surface area contributed by atoms with Gasteiger partial charge in [0.05, 0.1) is 13.2 Å². The standard InChI is InChI=1S/C15H28FN3O/c16-11-15(7-9-20-10-8-15)12-18-14(17)19-13-5-3-1-2-4-6-13/h13H,1-12H2,(H3,17,18,19). The highest BCUT2D eigenvalue weighted by molar-refractivity contribution is 5.78. The van der Waals surface area contributed by atoms with Crippen molar-refractivity contribution in [2.45, 2.75) is 57.4 Å². The van der Waals surface area contributed by atoms with Crippen molar-refractivity contribution >= 4 is 5.96 Å². The van der Waals surface area contributed by atoms with Crippen LogP contribution in [0, 0.1) is 5.41 Å². The third-order valence-corrected chi connectivity index (χ3v) is 4.63. The van der Waals surface area contributed by atoms with Gasteiger partial charge in [-0.2, -0.15) is 0 Å². The lowest BCUT2D eigenvalue weighted by Gasteiger charge is -2.33. The average Bonchev–Trinajstić information content (AvgIpc) is 2.75. The number of ether oxygens (including phenoxy) is 1. The van der Waals surface area contributed by atoms with E-state index < -0.39 is 0 Å². The van der Waals surface area contributed by atoms with Crippen LogP contribution in [0.5, 0.6) is 0 Å². The van der Waals surface area contributed by atoms with Gasteiger partial charge in [-0.1, -0.05) is 25.7 Å². The molecule has 3 N–H and O–H groups in total. The first kappa shape index (κ1) is 15.5. The molecule has 4 nitrogen and oxygen atoms in total. The number of alkyl halides is 1. The molecule has 0 atom stereocenters. The summed E-state index contributed by atoms with van der Waals surface area (Å²) in [5.74, 6) is 0.483. The van der Waals surface area contributed by atoms with Crippen LogP contribution in [0.4, 0.5) is 4.39 Å². The lowest BCUT2D eigenvalue weighted by molar-refractivity contribution is 0.00691. The Morgan fingerprint density at radius 2 is 1.85 bits per heavy atom. The molecular weight excluding hydrogens is 257 g/mol. The zero-order chi connectivity index (χ0) is 14.3. The van der Waals surface area contributed by atoms with E-state index in [1.165, 1.54) is 25.7 Å². The van der Waals surface area contributed by atoms with E-state index in [9.17, 15) is 4.39 Å². The van der Waals surface area contributed by atoms with Gasteiger partial charge in [-0.05, 0) is 25.7 Å². The van der Waals surface area contributed by atoms with Crippen molar-refractivity contribution < 1.29 is 9.13 Å². The van der Waals surface area contributed by atoms with Crippen LogP contribution in [0.15, 0.2) is 4.99 Å². The largest absolute Gasteiger partial charge is 0.381 e. The van der Waals surface area contributed by atoms with Gasteiger partial charge in [-0.25, -0.2) is 0 Å². The third-order valence-electron chi connectivity index (χ3n) is 4.63. The summed E-state index contributed by atoms with van der Waals surface area (Å²) >= 11 is 0.